The summed E-state index contributed by atoms with van der Waals surface area (Å²) >= 11 is 0. The van der Waals surface area contributed by atoms with E-state index in [1.807, 2.05) is 12.4 Å². The first-order valence-electron chi connectivity index (χ1n) is 8.14. The van der Waals surface area contributed by atoms with E-state index in [2.05, 4.69) is 60.0 Å². The Kier molecular flexibility index (Phi) is 6.68. The van der Waals surface area contributed by atoms with Gasteiger partial charge in [0.25, 0.3) is 0 Å². The van der Waals surface area contributed by atoms with Gasteiger partial charge < -0.3 is 9.64 Å². The van der Waals surface area contributed by atoms with Crippen LogP contribution in [-0.2, 0) is 24.3 Å². The van der Waals surface area contributed by atoms with Gasteiger partial charge in [0.05, 0.1) is 18.0 Å². The van der Waals surface area contributed by atoms with Crippen LogP contribution in [0, 0.1) is 0 Å². The second-order valence-corrected chi connectivity index (χ2v) is 6.31. The normalized spacial score (nSPS) is 11.4. The lowest BCUT2D eigenvalue weighted by atomic mass is 10.0. The van der Waals surface area contributed by atoms with Crippen LogP contribution in [0.2, 0.25) is 0 Å². The second kappa shape index (κ2) is 8.75. The monoisotopic (exact) mass is 313 g/mol. The van der Waals surface area contributed by atoms with Gasteiger partial charge in [0, 0.05) is 32.6 Å². The van der Waals surface area contributed by atoms with E-state index >= 15 is 0 Å². The van der Waals surface area contributed by atoms with Crippen LogP contribution in [0.25, 0.3) is 0 Å². The molecule has 124 valence electrons. The van der Waals surface area contributed by atoms with E-state index in [9.17, 15) is 0 Å². The van der Waals surface area contributed by atoms with Gasteiger partial charge in [-0.05, 0) is 54.8 Å². The molecule has 0 atom stereocenters. The summed E-state index contributed by atoms with van der Waals surface area (Å²) in [4.78, 5) is 11.1. The van der Waals surface area contributed by atoms with E-state index in [4.69, 9.17) is 4.74 Å². The van der Waals surface area contributed by atoms with Crippen LogP contribution in [0.4, 0.5) is 0 Å². The Morgan fingerprint density at radius 3 is 2.57 bits per heavy atom. The third kappa shape index (κ3) is 5.73. The largest absolute Gasteiger partial charge is 0.378 e. The van der Waals surface area contributed by atoms with Gasteiger partial charge in [0.2, 0.25) is 0 Å². The molecule has 0 aliphatic carbocycles. The molecular weight excluding hydrogens is 286 g/mol. The number of ether oxygens (including phenoxy) is 1. The number of likely N-dealkylation sites (N-methyl/N-ethyl adjacent to an activating group) is 1. The van der Waals surface area contributed by atoms with Crippen LogP contribution in [0.1, 0.15) is 42.3 Å². The zero-order chi connectivity index (χ0) is 16.7. The number of hydrogen-bond donors (Lipinski definition) is 0. The molecule has 2 heterocycles. The molecule has 0 saturated heterocycles. The van der Waals surface area contributed by atoms with Gasteiger partial charge in [0.15, 0.2) is 0 Å². The third-order valence-electron chi connectivity index (χ3n) is 3.89. The van der Waals surface area contributed by atoms with E-state index in [-0.39, 0.29) is 0 Å². The van der Waals surface area contributed by atoms with Crippen molar-refractivity contribution < 1.29 is 4.74 Å². The van der Waals surface area contributed by atoms with E-state index in [0.717, 1.165) is 30.9 Å². The molecule has 0 fully saturated rings. The van der Waals surface area contributed by atoms with Crippen molar-refractivity contribution in [2.45, 2.75) is 39.3 Å². The molecule has 23 heavy (non-hydrogen) atoms. The summed E-state index contributed by atoms with van der Waals surface area (Å²) in [6.45, 7) is 6.85. The van der Waals surface area contributed by atoms with Crippen LogP contribution in [0.15, 0.2) is 36.7 Å². The van der Waals surface area contributed by atoms with Crippen LogP contribution >= 0.6 is 0 Å². The first kappa shape index (κ1) is 17.6. The maximum absolute atomic E-state index is 5.14. The fourth-order valence-corrected chi connectivity index (χ4v) is 2.53. The molecule has 0 radical (unpaired) electrons. The van der Waals surface area contributed by atoms with Crippen LogP contribution in [0.5, 0.6) is 0 Å². The van der Waals surface area contributed by atoms with Crippen molar-refractivity contribution in [1.29, 1.82) is 0 Å². The lowest BCUT2D eigenvalue weighted by Crippen LogP contribution is -2.21. The van der Waals surface area contributed by atoms with Gasteiger partial charge in [-0.25, -0.2) is 0 Å². The van der Waals surface area contributed by atoms with Gasteiger partial charge in [-0.15, -0.1) is 0 Å². The Morgan fingerprint density at radius 1 is 1.09 bits per heavy atom. The maximum Gasteiger partial charge on any atom is 0.0884 e. The van der Waals surface area contributed by atoms with Crippen molar-refractivity contribution in [2.24, 2.45) is 0 Å². The number of methoxy groups -OCH3 is 1. The highest BCUT2D eigenvalue weighted by Crippen LogP contribution is 2.15. The molecular formula is C19H27N3O. The second-order valence-electron chi connectivity index (χ2n) is 6.31. The minimum absolute atomic E-state index is 0.540. The molecule has 0 aliphatic heterocycles. The van der Waals surface area contributed by atoms with Crippen molar-refractivity contribution in [1.82, 2.24) is 14.9 Å². The Hall–Kier alpha value is -1.78. The molecule has 4 nitrogen and oxygen atoms in total. The minimum Gasteiger partial charge on any atom is -0.378 e. The number of rotatable bonds is 8. The minimum atomic E-state index is 0.540. The summed E-state index contributed by atoms with van der Waals surface area (Å²) in [6, 6.07) is 8.51. The predicted molar refractivity (Wildman–Crippen MR) is 93.3 cm³/mol. The highest BCUT2D eigenvalue weighted by atomic mass is 16.5. The zero-order valence-corrected chi connectivity index (χ0v) is 14.6. The molecule has 0 amide bonds. The molecule has 0 saturated carbocycles. The van der Waals surface area contributed by atoms with Crippen molar-refractivity contribution in [3.63, 3.8) is 0 Å². The van der Waals surface area contributed by atoms with Crippen molar-refractivity contribution in [3.05, 3.63) is 59.2 Å². The molecule has 0 aliphatic rings. The van der Waals surface area contributed by atoms with Crippen LogP contribution in [-0.4, -0.2) is 35.6 Å². The summed E-state index contributed by atoms with van der Waals surface area (Å²) in [5.74, 6) is 0.540. The predicted octanol–water partition coefficient (Wildman–Crippen LogP) is 3.42. The van der Waals surface area contributed by atoms with Gasteiger partial charge in [-0.3, -0.25) is 9.97 Å². The van der Waals surface area contributed by atoms with Crippen molar-refractivity contribution >= 4 is 0 Å². The summed E-state index contributed by atoms with van der Waals surface area (Å²) in [7, 11) is 3.83. The van der Waals surface area contributed by atoms with Gasteiger partial charge in [-0.1, -0.05) is 13.8 Å². The fourth-order valence-electron chi connectivity index (χ4n) is 2.53. The summed E-state index contributed by atoms with van der Waals surface area (Å²) in [5, 5.41) is 0. The van der Waals surface area contributed by atoms with E-state index in [1.54, 1.807) is 7.11 Å². The first-order chi connectivity index (χ1) is 11.1. The molecule has 0 unspecified atom stereocenters. The Morgan fingerprint density at radius 2 is 1.83 bits per heavy atom. The summed E-state index contributed by atoms with van der Waals surface area (Å²) in [6.07, 6.45) is 4.77. The number of hydrogen-bond acceptors (Lipinski definition) is 4. The molecule has 0 aromatic carbocycles. The maximum atomic E-state index is 5.14. The Bertz CT molecular complexity index is 613. The molecule has 2 rings (SSSR count). The van der Waals surface area contributed by atoms with Crippen LogP contribution in [0.3, 0.4) is 0 Å². The Balaban J connectivity index is 1.88. The van der Waals surface area contributed by atoms with E-state index in [0.29, 0.717) is 12.5 Å². The standard InChI is InChI=1S/C19H27N3O/c1-15(2)17-6-9-20-18(12-17)13-22(3)10-7-16-5-8-21-19(11-16)14-23-4/h5-6,8-9,11-12,15H,7,10,13-14H2,1-4H3. The van der Waals surface area contributed by atoms with E-state index < -0.39 is 0 Å². The van der Waals surface area contributed by atoms with Gasteiger partial charge in [-0.2, -0.15) is 0 Å². The Labute approximate surface area is 139 Å². The number of pyridine rings is 2. The van der Waals surface area contributed by atoms with Gasteiger partial charge >= 0.3 is 0 Å². The zero-order valence-electron chi connectivity index (χ0n) is 14.6. The van der Waals surface area contributed by atoms with Crippen molar-refractivity contribution in [2.75, 3.05) is 20.7 Å². The molecule has 0 spiro atoms. The molecule has 2 aromatic rings. The topological polar surface area (TPSA) is 38.2 Å². The van der Waals surface area contributed by atoms with Gasteiger partial charge in [0.1, 0.15) is 0 Å². The number of nitrogens with zero attached hydrogens (tertiary/aromatic N) is 3. The molecule has 0 N–H and O–H groups in total. The fraction of sp³-hybridized carbons (Fsp3) is 0.474. The SMILES string of the molecule is COCc1cc(CCN(C)Cc2cc(C(C)C)ccn2)ccn1. The summed E-state index contributed by atoms with van der Waals surface area (Å²) < 4.78 is 5.14. The average Bonchev–Trinajstić information content (AvgIpc) is 2.54. The summed E-state index contributed by atoms with van der Waals surface area (Å²) in [5.41, 5.74) is 4.76. The van der Waals surface area contributed by atoms with Crippen molar-refractivity contribution in [3.8, 4) is 0 Å². The molecule has 2 aromatic heterocycles. The third-order valence-corrected chi connectivity index (χ3v) is 3.89. The average molecular weight is 313 g/mol. The number of aromatic nitrogens is 2. The smallest absolute Gasteiger partial charge is 0.0884 e. The lowest BCUT2D eigenvalue weighted by molar-refractivity contribution is 0.181. The molecule has 4 heteroatoms. The molecule has 0 bridgehead atoms. The first-order valence-corrected chi connectivity index (χ1v) is 8.14. The highest BCUT2D eigenvalue weighted by Gasteiger charge is 2.06. The van der Waals surface area contributed by atoms with E-state index in [1.165, 1.54) is 11.1 Å². The van der Waals surface area contributed by atoms with Crippen LogP contribution < -0.4 is 0 Å². The quantitative estimate of drug-likeness (QED) is 0.748. The highest BCUT2D eigenvalue weighted by molar-refractivity contribution is 5.20. The lowest BCUT2D eigenvalue weighted by Gasteiger charge is -2.17.